The zero-order valence-corrected chi connectivity index (χ0v) is 12.9. The molecule has 118 valence electrons. The van der Waals surface area contributed by atoms with Crippen LogP contribution in [0, 0.1) is 5.92 Å². The lowest BCUT2D eigenvalue weighted by molar-refractivity contribution is 0.104. The maximum atomic E-state index is 9.94. The molecule has 2 N–H and O–H groups in total. The molecule has 4 heteroatoms. The van der Waals surface area contributed by atoms with E-state index in [1.54, 1.807) is 7.11 Å². The van der Waals surface area contributed by atoms with E-state index in [4.69, 9.17) is 9.47 Å². The predicted molar refractivity (Wildman–Crippen MR) is 83.9 cm³/mol. The van der Waals surface area contributed by atoms with E-state index in [2.05, 4.69) is 5.32 Å². The Hall–Kier alpha value is -1.26. The van der Waals surface area contributed by atoms with Gasteiger partial charge in [0.15, 0.2) is 11.5 Å². The van der Waals surface area contributed by atoms with Crippen LogP contribution in [-0.4, -0.2) is 38.0 Å². The van der Waals surface area contributed by atoms with E-state index in [1.807, 2.05) is 24.3 Å². The largest absolute Gasteiger partial charge is 0.493 e. The Morgan fingerprint density at radius 3 is 2.67 bits per heavy atom. The van der Waals surface area contributed by atoms with Gasteiger partial charge in [-0.15, -0.1) is 0 Å². The summed E-state index contributed by atoms with van der Waals surface area (Å²) in [7, 11) is 1.61. The van der Waals surface area contributed by atoms with Gasteiger partial charge in [-0.05, 0) is 31.0 Å². The van der Waals surface area contributed by atoms with Gasteiger partial charge in [-0.2, -0.15) is 0 Å². The number of aliphatic hydroxyl groups excluding tert-OH is 1. The fraction of sp³-hybridized carbons (Fsp3) is 0.647. The second-order valence-corrected chi connectivity index (χ2v) is 5.76. The zero-order valence-electron chi connectivity index (χ0n) is 12.9. The molecule has 0 bridgehead atoms. The molecule has 1 fully saturated rings. The first kappa shape index (κ1) is 16.1. The Balaban J connectivity index is 1.59. The summed E-state index contributed by atoms with van der Waals surface area (Å²) in [5.74, 6) is 2.25. The van der Waals surface area contributed by atoms with Crippen molar-refractivity contribution in [2.45, 2.75) is 38.2 Å². The number of nitrogens with one attached hydrogen (secondary N) is 1. The predicted octanol–water partition coefficient (Wildman–Crippen LogP) is 2.60. The first-order chi connectivity index (χ1) is 10.3. The summed E-state index contributed by atoms with van der Waals surface area (Å²) in [6.07, 6.45) is 6.25. The quantitative estimate of drug-likeness (QED) is 0.687. The number of ether oxygens (including phenoxy) is 2. The number of para-hydroxylation sites is 2. The molecule has 21 heavy (non-hydrogen) atoms. The molecular formula is C17H27NO3. The minimum Gasteiger partial charge on any atom is -0.493 e. The maximum absolute atomic E-state index is 9.94. The molecule has 0 amide bonds. The number of rotatable bonds is 9. The van der Waals surface area contributed by atoms with Crippen molar-refractivity contribution in [3.05, 3.63) is 24.3 Å². The van der Waals surface area contributed by atoms with Crippen LogP contribution in [0.25, 0.3) is 0 Å². The summed E-state index contributed by atoms with van der Waals surface area (Å²) >= 11 is 0. The van der Waals surface area contributed by atoms with Crippen molar-refractivity contribution in [3.8, 4) is 11.5 Å². The van der Waals surface area contributed by atoms with Crippen LogP contribution in [-0.2, 0) is 0 Å². The second-order valence-electron chi connectivity index (χ2n) is 5.76. The molecule has 4 nitrogen and oxygen atoms in total. The molecule has 1 aliphatic rings. The minimum absolute atomic E-state index is 0.275. The third-order valence-electron chi connectivity index (χ3n) is 4.08. The van der Waals surface area contributed by atoms with Crippen molar-refractivity contribution in [1.29, 1.82) is 0 Å². The molecule has 1 aliphatic carbocycles. The van der Waals surface area contributed by atoms with Crippen molar-refractivity contribution >= 4 is 0 Å². The molecule has 1 unspecified atom stereocenters. The van der Waals surface area contributed by atoms with Crippen LogP contribution in [0.1, 0.15) is 32.1 Å². The summed E-state index contributed by atoms with van der Waals surface area (Å²) in [5, 5.41) is 13.3. The van der Waals surface area contributed by atoms with E-state index < -0.39 is 6.10 Å². The first-order valence-corrected chi connectivity index (χ1v) is 7.94. The van der Waals surface area contributed by atoms with Crippen molar-refractivity contribution in [1.82, 2.24) is 5.32 Å². The lowest BCUT2D eigenvalue weighted by Gasteiger charge is -2.15. The number of methoxy groups -OCH3 is 1. The molecule has 0 heterocycles. The number of benzene rings is 1. The molecule has 0 spiro atoms. The molecule has 0 aliphatic heterocycles. The molecule has 1 aromatic rings. The van der Waals surface area contributed by atoms with Gasteiger partial charge in [-0.25, -0.2) is 0 Å². The van der Waals surface area contributed by atoms with E-state index in [9.17, 15) is 5.11 Å². The number of hydrogen-bond donors (Lipinski definition) is 2. The molecule has 0 aromatic heterocycles. The van der Waals surface area contributed by atoms with Crippen LogP contribution in [0.15, 0.2) is 24.3 Å². The van der Waals surface area contributed by atoms with E-state index >= 15 is 0 Å². The van der Waals surface area contributed by atoms with Gasteiger partial charge in [-0.1, -0.05) is 37.8 Å². The van der Waals surface area contributed by atoms with Crippen LogP contribution in [0.4, 0.5) is 0 Å². The fourth-order valence-corrected chi connectivity index (χ4v) is 2.86. The Morgan fingerprint density at radius 2 is 1.95 bits per heavy atom. The van der Waals surface area contributed by atoms with Crippen LogP contribution < -0.4 is 14.8 Å². The third kappa shape index (κ3) is 5.56. The van der Waals surface area contributed by atoms with Gasteiger partial charge in [0.2, 0.25) is 0 Å². The molecule has 0 saturated heterocycles. The van der Waals surface area contributed by atoms with E-state index in [1.165, 1.54) is 32.1 Å². The summed E-state index contributed by atoms with van der Waals surface area (Å²) in [5.41, 5.74) is 0. The van der Waals surface area contributed by atoms with Crippen molar-refractivity contribution in [2.24, 2.45) is 5.92 Å². The second kappa shape index (κ2) is 8.90. The minimum atomic E-state index is -0.501. The number of aliphatic hydroxyl groups is 1. The summed E-state index contributed by atoms with van der Waals surface area (Å²) < 4.78 is 10.8. The molecule has 1 atom stereocenters. The van der Waals surface area contributed by atoms with Gasteiger partial charge in [0, 0.05) is 6.54 Å². The Morgan fingerprint density at radius 1 is 1.24 bits per heavy atom. The zero-order chi connectivity index (χ0) is 14.9. The molecule has 0 radical (unpaired) electrons. The van der Waals surface area contributed by atoms with Crippen molar-refractivity contribution in [2.75, 3.05) is 26.8 Å². The van der Waals surface area contributed by atoms with Gasteiger partial charge in [0.05, 0.1) is 7.11 Å². The van der Waals surface area contributed by atoms with Gasteiger partial charge in [0.25, 0.3) is 0 Å². The lowest BCUT2D eigenvalue weighted by Crippen LogP contribution is -2.32. The van der Waals surface area contributed by atoms with Crippen LogP contribution >= 0.6 is 0 Å². The molecule has 1 saturated carbocycles. The highest BCUT2D eigenvalue weighted by atomic mass is 16.5. The van der Waals surface area contributed by atoms with Gasteiger partial charge >= 0.3 is 0 Å². The van der Waals surface area contributed by atoms with Crippen molar-refractivity contribution in [3.63, 3.8) is 0 Å². The fourth-order valence-electron chi connectivity index (χ4n) is 2.86. The van der Waals surface area contributed by atoms with Crippen LogP contribution in [0.2, 0.25) is 0 Å². The highest BCUT2D eigenvalue weighted by Gasteiger charge is 2.14. The Labute approximate surface area is 127 Å². The average Bonchev–Trinajstić information content (AvgIpc) is 3.03. The summed E-state index contributed by atoms with van der Waals surface area (Å²) in [4.78, 5) is 0. The summed E-state index contributed by atoms with van der Waals surface area (Å²) in [6, 6.07) is 7.48. The molecule has 2 rings (SSSR count). The smallest absolute Gasteiger partial charge is 0.161 e. The Bertz CT molecular complexity index is 405. The standard InChI is InChI=1S/C17H27NO3/c1-20-16-8-4-5-9-17(16)21-13-15(19)12-18-11-10-14-6-2-3-7-14/h4-5,8-9,14-15,18-19H,2-3,6-7,10-13H2,1H3. The topological polar surface area (TPSA) is 50.7 Å². The van der Waals surface area contributed by atoms with Gasteiger partial charge in [0.1, 0.15) is 12.7 Å². The SMILES string of the molecule is COc1ccccc1OCC(O)CNCCC1CCCC1. The number of hydrogen-bond acceptors (Lipinski definition) is 4. The monoisotopic (exact) mass is 293 g/mol. The van der Waals surface area contributed by atoms with E-state index in [0.29, 0.717) is 18.0 Å². The summed E-state index contributed by atoms with van der Waals surface area (Å²) in [6.45, 7) is 1.83. The molecule has 1 aromatic carbocycles. The molecular weight excluding hydrogens is 266 g/mol. The van der Waals surface area contributed by atoms with E-state index in [-0.39, 0.29) is 6.61 Å². The van der Waals surface area contributed by atoms with Crippen molar-refractivity contribution < 1.29 is 14.6 Å². The maximum Gasteiger partial charge on any atom is 0.161 e. The van der Waals surface area contributed by atoms with Crippen LogP contribution in [0.3, 0.4) is 0 Å². The Kier molecular flexibility index (Phi) is 6.83. The van der Waals surface area contributed by atoms with Gasteiger partial charge in [-0.3, -0.25) is 0 Å². The highest BCUT2D eigenvalue weighted by Crippen LogP contribution is 2.27. The average molecular weight is 293 g/mol. The van der Waals surface area contributed by atoms with E-state index in [0.717, 1.165) is 12.5 Å². The lowest BCUT2D eigenvalue weighted by atomic mass is 10.0. The highest BCUT2D eigenvalue weighted by molar-refractivity contribution is 5.39. The normalized spacial score (nSPS) is 16.9. The first-order valence-electron chi connectivity index (χ1n) is 7.94. The third-order valence-corrected chi connectivity index (χ3v) is 4.08. The van der Waals surface area contributed by atoms with Gasteiger partial charge < -0.3 is 19.9 Å². The van der Waals surface area contributed by atoms with Crippen LogP contribution in [0.5, 0.6) is 11.5 Å².